The minimum atomic E-state index is -0.995. The summed E-state index contributed by atoms with van der Waals surface area (Å²) in [4.78, 5) is 23.0. The van der Waals surface area contributed by atoms with Crippen LogP contribution in [0.4, 0.5) is 0 Å². The number of esters is 1. The monoisotopic (exact) mass is 204 g/mol. The van der Waals surface area contributed by atoms with Crippen LogP contribution in [0.1, 0.15) is 29.8 Å². The summed E-state index contributed by atoms with van der Waals surface area (Å²) in [7, 11) is 0. The summed E-state index contributed by atoms with van der Waals surface area (Å²) in [5.41, 5.74) is 0.452. The normalized spacial score (nSPS) is 24.3. The molecule has 0 radical (unpaired) electrons. The second-order valence-electron chi connectivity index (χ2n) is 4.01. The van der Waals surface area contributed by atoms with Gasteiger partial charge in [-0.25, -0.2) is 4.79 Å². The van der Waals surface area contributed by atoms with Gasteiger partial charge in [0.05, 0.1) is 5.56 Å². The minimum absolute atomic E-state index is 0.120. The third-order valence-electron chi connectivity index (χ3n) is 2.83. The van der Waals surface area contributed by atoms with Crippen LogP contribution in [0.2, 0.25) is 0 Å². The molecule has 3 heteroatoms. The van der Waals surface area contributed by atoms with E-state index in [4.69, 9.17) is 4.74 Å². The van der Waals surface area contributed by atoms with Crippen molar-refractivity contribution >= 4 is 11.8 Å². The summed E-state index contributed by atoms with van der Waals surface area (Å²) in [6.07, 6.45) is 0.463. The number of hydrogen-bond acceptors (Lipinski definition) is 3. The van der Waals surface area contributed by atoms with Crippen molar-refractivity contribution in [1.29, 1.82) is 0 Å². The zero-order valence-electron chi connectivity index (χ0n) is 8.74. The summed E-state index contributed by atoms with van der Waals surface area (Å²) in [5, 5.41) is 0. The number of benzene rings is 1. The Labute approximate surface area is 88.1 Å². The smallest absolute Gasteiger partial charge is 0.339 e. The molecule has 0 unspecified atom stereocenters. The SMILES string of the molecule is CC(=O)[C@]1(C)Cc2ccccc2C(=O)O1. The molecule has 1 aromatic carbocycles. The molecule has 1 heterocycles. The molecule has 2 rings (SSSR count). The second kappa shape index (κ2) is 3.19. The molecule has 3 nitrogen and oxygen atoms in total. The number of cyclic esters (lactones) is 1. The topological polar surface area (TPSA) is 43.4 Å². The van der Waals surface area contributed by atoms with Gasteiger partial charge in [0.15, 0.2) is 11.4 Å². The Morgan fingerprint density at radius 1 is 1.40 bits per heavy atom. The van der Waals surface area contributed by atoms with Gasteiger partial charge in [-0.3, -0.25) is 4.79 Å². The number of carbonyl (C=O) groups excluding carboxylic acids is 2. The van der Waals surface area contributed by atoms with E-state index in [0.29, 0.717) is 12.0 Å². The van der Waals surface area contributed by atoms with Crippen LogP contribution in [0.5, 0.6) is 0 Å². The van der Waals surface area contributed by atoms with Gasteiger partial charge in [-0.05, 0) is 25.5 Å². The number of Topliss-reactive ketones (excluding diaryl/α,β-unsaturated/α-hetero) is 1. The molecule has 0 fully saturated rings. The lowest BCUT2D eigenvalue weighted by molar-refractivity contribution is -0.135. The second-order valence-corrected chi connectivity index (χ2v) is 4.01. The van der Waals surface area contributed by atoms with Crippen molar-refractivity contribution in [2.75, 3.05) is 0 Å². The van der Waals surface area contributed by atoms with E-state index in [1.165, 1.54) is 6.92 Å². The van der Waals surface area contributed by atoms with Gasteiger partial charge in [-0.2, -0.15) is 0 Å². The van der Waals surface area contributed by atoms with Crippen LogP contribution in [-0.4, -0.2) is 17.4 Å². The summed E-state index contributed by atoms with van der Waals surface area (Å²) in [6.45, 7) is 3.10. The number of hydrogen-bond donors (Lipinski definition) is 0. The highest BCUT2D eigenvalue weighted by atomic mass is 16.6. The first-order valence-electron chi connectivity index (χ1n) is 4.85. The summed E-state index contributed by atoms with van der Waals surface area (Å²) in [5.74, 6) is -0.528. The largest absolute Gasteiger partial charge is 0.447 e. The van der Waals surface area contributed by atoms with Crippen LogP contribution in [0, 0.1) is 0 Å². The Morgan fingerprint density at radius 3 is 2.73 bits per heavy atom. The van der Waals surface area contributed by atoms with E-state index < -0.39 is 11.6 Å². The number of fused-ring (bicyclic) bond motifs is 1. The van der Waals surface area contributed by atoms with E-state index in [9.17, 15) is 9.59 Å². The average Bonchev–Trinajstić information content (AvgIpc) is 2.17. The average molecular weight is 204 g/mol. The third kappa shape index (κ3) is 1.54. The first-order valence-corrected chi connectivity index (χ1v) is 4.85. The quantitative estimate of drug-likeness (QED) is 0.654. The molecule has 1 aromatic rings. The maximum Gasteiger partial charge on any atom is 0.339 e. The van der Waals surface area contributed by atoms with Crippen molar-refractivity contribution in [3.8, 4) is 0 Å². The molecule has 0 aromatic heterocycles. The number of ether oxygens (including phenoxy) is 1. The van der Waals surface area contributed by atoms with Gasteiger partial charge in [-0.1, -0.05) is 18.2 Å². The molecule has 0 amide bonds. The summed E-state index contributed by atoms with van der Waals surface area (Å²) in [6, 6.07) is 7.23. The molecule has 0 saturated carbocycles. The van der Waals surface area contributed by atoms with Gasteiger partial charge >= 0.3 is 5.97 Å². The fourth-order valence-electron chi connectivity index (χ4n) is 1.73. The van der Waals surface area contributed by atoms with Gasteiger partial charge in [0.25, 0.3) is 0 Å². The first kappa shape index (κ1) is 9.90. The highest BCUT2D eigenvalue weighted by Gasteiger charge is 2.39. The number of ketones is 1. The fourth-order valence-corrected chi connectivity index (χ4v) is 1.73. The number of rotatable bonds is 1. The molecular weight excluding hydrogens is 192 g/mol. The van der Waals surface area contributed by atoms with E-state index in [0.717, 1.165) is 5.56 Å². The molecule has 0 N–H and O–H groups in total. The molecule has 15 heavy (non-hydrogen) atoms. The highest BCUT2D eigenvalue weighted by molar-refractivity contribution is 5.97. The maximum atomic E-state index is 11.6. The molecule has 1 aliphatic rings. The minimum Gasteiger partial charge on any atom is -0.447 e. The van der Waals surface area contributed by atoms with Crippen molar-refractivity contribution in [3.63, 3.8) is 0 Å². The zero-order valence-corrected chi connectivity index (χ0v) is 8.74. The van der Waals surface area contributed by atoms with Crippen molar-refractivity contribution in [2.45, 2.75) is 25.9 Å². The highest BCUT2D eigenvalue weighted by Crippen LogP contribution is 2.28. The molecule has 0 saturated heterocycles. The Hall–Kier alpha value is -1.64. The van der Waals surface area contributed by atoms with Crippen LogP contribution in [0.25, 0.3) is 0 Å². The van der Waals surface area contributed by atoms with E-state index >= 15 is 0 Å². The van der Waals surface area contributed by atoms with Gasteiger partial charge in [0, 0.05) is 6.42 Å². The molecule has 1 aliphatic heterocycles. The molecule has 0 spiro atoms. The van der Waals surface area contributed by atoms with E-state index in [-0.39, 0.29) is 5.78 Å². The summed E-state index contributed by atoms with van der Waals surface area (Å²) < 4.78 is 5.17. The Kier molecular flexibility index (Phi) is 2.11. The lowest BCUT2D eigenvalue weighted by atomic mass is 9.87. The Balaban J connectivity index is 2.47. The molecule has 78 valence electrons. The molecule has 0 bridgehead atoms. The van der Waals surface area contributed by atoms with E-state index in [1.54, 1.807) is 19.1 Å². The first-order chi connectivity index (χ1) is 7.03. The molecular formula is C12H12O3. The van der Waals surface area contributed by atoms with Gasteiger partial charge in [0.2, 0.25) is 0 Å². The summed E-state index contributed by atoms with van der Waals surface area (Å²) >= 11 is 0. The predicted molar refractivity (Wildman–Crippen MR) is 54.6 cm³/mol. The molecule has 0 aliphatic carbocycles. The third-order valence-corrected chi connectivity index (χ3v) is 2.83. The lowest BCUT2D eigenvalue weighted by Gasteiger charge is -2.32. The fraction of sp³-hybridized carbons (Fsp3) is 0.333. The van der Waals surface area contributed by atoms with Crippen molar-refractivity contribution in [3.05, 3.63) is 35.4 Å². The van der Waals surface area contributed by atoms with Crippen LogP contribution in [0.15, 0.2) is 24.3 Å². The van der Waals surface area contributed by atoms with Crippen molar-refractivity contribution < 1.29 is 14.3 Å². The lowest BCUT2D eigenvalue weighted by Crippen LogP contribution is -2.44. The van der Waals surface area contributed by atoms with Crippen LogP contribution < -0.4 is 0 Å². The van der Waals surface area contributed by atoms with Crippen LogP contribution >= 0.6 is 0 Å². The van der Waals surface area contributed by atoms with E-state index in [1.807, 2.05) is 12.1 Å². The zero-order chi connectivity index (χ0) is 11.1. The predicted octanol–water partition coefficient (Wildman–Crippen LogP) is 1.75. The van der Waals surface area contributed by atoms with Gasteiger partial charge in [0.1, 0.15) is 0 Å². The van der Waals surface area contributed by atoms with Gasteiger partial charge in [-0.15, -0.1) is 0 Å². The Morgan fingerprint density at radius 2 is 2.07 bits per heavy atom. The Bertz CT molecular complexity index is 436. The van der Waals surface area contributed by atoms with Crippen molar-refractivity contribution in [1.82, 2.24) is 0 Å². The van der Waals surface area contributed by atoms with E-state index in [2.05, 4.69) is 0 Å². The van der Waals surface area contributed by atoms with Gasteiger partial charge < -0.3 is 4.74 Å². The van der Waals surface area contributed by atoms with Crippen LogP contribution in [0.3, 0.4) is 0 Å². The maximum absolute atomic E-state index is 11.6. The van der Waals surface area contributed by atoms with Crippen molar-refractivity contribution in [2.24, 2.45) is 0 Å². The van der Waals surface area contributed by atoms with Crippen LogP contribution in [-0.2, 0) is 16.0 Å². The standard InChI is InChI=1S/C12H12O3/c1-8(13)12(2)7-9-5-3-4-6-10(9)11(14)15-12/h3-6H,7H2,1-2H3/t12-/m0/s1. The number of carbonyl (C=O) groups is 2. The molecule has 1 atom stereocenters.